The lowest BCUT2D eigenvalue weighted by atomic mass is 9.84. The van der Waals surface area contributed by atoms with Crippen molar-refractivity contribution in [3.63, 3.8) is 0 Å². The Hall–Kier alpha value is -1.27. The SMILES string of the molecule is Cc1cc([N+](=O)[O-])ccc1N=C1SC(C)(C)CN1[C@H](C)C1CCCCC1.Cl. The van der Waals surface area contributed by atoms with E-state index in [9.17, 15) is 10.1 Å². The minimum Gasteiger partial charge on any atom is -0.347 e. The van der Waals surface area contributed by atoms with Crippen LogP contribution in [0, 0.1) is 23.0 Å². The fourth-order valence-electron chi connectivity index (χ4n) is 4.07. The number of nitrogens with zero attached hydrogens (tertiary/aromatic N) is 3. The van der Waals surface area contributed by atoms with E-state index in [0.717, 1.165) is 28.9 Å². The maximum absolute atomic E-state index is 11.0. The van der Waals surface area contributed by atoms with Crippen molar-refractivity contribution >= 4 is 40.7 Å². The average Bonchev–Trinajstić information content (AvgIpc) is 2.91. The Labute approximate surface area is 172 Å². The van der Waals surface area contributed by atoms with E-state index in [1.807, 2.05) is 18.7 Å². The third-order valence-corrected chi connectivity index (χ3v) is 6.79. The third kappa shape index (κ3) is 5.17. The van der Waals surface area contributed by atoms with Crippen LogP contribution < -0.4 is 0 Å². The normalized spacial score (nSPS) is 22.5. The van der Waals surface area contributed by atoms with Crippen LogP contribution in [-0.2, 0) is 0 Å². The standard InChI is InChI=1S/C20H29N3O2S.ClH/c1-14-12-17(23(24)25)10-11-18(14)21-19-22(13-20(3,4)26-19)15(2)16-8-6-5-7-9-16;/h10-12,15-16H,5-9,13H2,1-4H3;1H/t15-;/m1./s1. The van der Waals surface area contributed by atoms with Gasteiger partial charge in [0.2, 0.25) is 0 Å². The van der Waals surface area contributed by atoms with E-state index >= 15 is 0 Å². The van der Waals surface area contributed by atoms with Crippen molar-refractivity contribution in [1.82, 2.24) is 4.90 Å². The molecule has 5 nitrogen and oxygen atoms in total. The van der Waals surface area contributed by atoms with E-state index in [1.54, 1.807) is 18.2 Å². The Balaban J connectivity index is 0.00000261. The van der Waals surface area contributed by atoms with Gasteiger partial charge in [-0.3, -0.25) is 10.1 Å². The Kier molecular flexibility index (Phi) is 7.20. The quantitative estimate of drug-likeness (QED) is 0.443. The van der Waals surface area contributed by atoms with E-state index < -0.39 is 0 Å². The molecule has 0 radical (unpaired) electrons. The van der Waals surface area contributed by atoms with Gasteiger partial charge in [-0.1, -0.05) is 31.0 Å². The monoisotopic (exact) mass is 411 g/mol. The van der Waals surface area contributed by atoms with Crippen molar-refractivity contribution in [2.75, 3.05) is 6.54 Å². The number of thioether (sulfide) groups is 1. The first-order chi connectivity index (χ1) is 12.3. The number of hydrogen-bond donors (Lipinski definition) is 0. The molecule has 1 saturated carbocycles. The molecule has 1 saturated heterocycles. The first kappa shape index (κ1) is 22.0. The molecule has 0 spiro atoms. The van der Waals surface area contributed by atoms with E-state index in [1.165, 1.54) is 32.1 Å². The molecule has 1 aromatic rings. The molecule has 0 unspecified atom stereocenters. The molecule has 150 valence electrons. The average molecular weight is 412 g/mol. The minimum atomic E-state index is -0.352. The summed E-state index contributed by atoms with van der Waals surface area (Å²) in [4.78, 5) is 18.0. The van der Waals surface area contributed by atoms with Gasteiger partial charge in [0, 0.05) is 29.5 Å². The summed E-state index contributed by atoms with van der Waals surface area (Å²) >= 11 is 1.82. The molecule has 1 aromatic carbocycles. The smallest absolute Gasteiger partial charge is 0.269 e. The summed E-state index contributed by atoms with van der Waals surface area (Å²) < 4.78 is 0.135. The summed E-state index contributed by atoms with van der Waals surface area (Å²) in [6, 6.07) is 5.42. The number of nitro groups is 1. The fraction of sp³-hybridized carbons (Fsp3) is 0.650. The molecule has 0 N–H and O–H groups in total. The highest BCUT2D eigenvalue weighted by atomic mass is 35.5. The molecule has 1 heterocycles. The van der Waals surface area contributed by atoms with Crippen LogP contribution >= 0.6 is 24.2 Å². The van der Waals surface area contributed by atoms with Crippen LogP contribution in [0.1, 0.15) is 58.4 Å². The maximum atomic E-state index is 11.0. The highest BCUT2D eigenvalue weighted by molar-refractivity contribution is 8.15. The van der Waals surface area contributed by atoms with Crippen molar-refractivity contribution < 1.29 is 4.92 Å². The van der Waals surface area contributed by atoms with Gasteiger partial charge < -0.3 is 4.90 Å². The predicted octanol–water partition coefficient (Wildman–Crippen LogP) is 6.11. The largest absolute Gasteiger partial charge is 0.347 e. The van der Waals surface area contributed by atoms with E-state index in [4.69, 9.17) is 4.99 Å². The number of aliphatic imine (C=N–C) groups is 1. The van der Waals surface area contributed by atoms with Gasteiger partial charge in [0.05, 0.1) is 10.6 Å². The predicted molar refractivity (Wildman–Crippen MR) is 117 cm³/mol. The zero-order valence-corrected chi connectivity index (χ0v) is 18.2. The molecule has 2 fully saturated rings. The van der Waals surface area contributed by atoms with Gasteiger partial charge in [-0.25, -0.2) is 4.99 Å². The molecule has 0 bridgehead atoms. The summed E-state index contributed by atoms with van der Waals surface area (Å²) in [6.07, 6.45) is 6.67. The number of nitro benzene ring substituents is 1. The first-order valence-corrected chi connectivity index (χ1v) is 10.4. The number of benzene rings is 1. The Morgan fingerprint density at radius 3 is 2.56 bits per heavy atom. The van der Waals surface area contributed by atoms with Crippen molar-refractivity contribution in [2.45, 2.75) is 70.6 Å². The van der Waals surface area contributed by atoms with E-state index in [0.29, 0.717) is 6.04 Å². The van der Waals surface area contributed by atoms with Crippen molar-refractivity contribution in [2.24, 2.45) is 10.9 Å². The lowest BCUT2D eigenvalue weighted by molar-refractivity contribution is -0.384. The molecular weight excluding hydrogens is 382 g/mol. The minimum absolute atomic E-state index is 0. The highest BCUT2D eigenvalue weighted by Crippen LogP contribution is 2.41. The number of hydrogen-bond acceptors (Lipinski definition) is 4. The lowest BCUT2D eigenvalue weighted by Crippen LogP contribution is -2.41. The third-order valence-electron chi connectivity index (χ3n) is 5.60. The molecule has 0 amide bonds. The van der Waals surface area contributed by atoms with Crippen LogP contribution in [-0.4, -0.2) is 32.3 Å². The first-order valence-electron chi connectivity index (χ1n) is 9.56. The van der Waals surface area contributed by atoms with E-state index in [-0.39, 0.29) is 27.8 Å². The highest BCUT2D eigenvalue weighted by Gasteiger charge is 2.39. The van der Waals surface area contributed by atoms with Crippen LogP contribution in [0.3, 0.4) is 0 Å². The van der Waals surface area contributed by atoms with Gasteiger partial charge in [0.15, 0.2) is 5.17 Å². The Bertz CT molecular complexity index is 717. The van der Waals surface area contributed by atoms with E-state index in [2.05, 4.69) is 25.7 Å². The molecule has 0 aromatic heterocycles. The topological polar surface area (TPSA) is 58.7 Å². The van der Waals surface area contributed by atoms with Crippen LogP contribution in [0.25, 0.3) is 0 Å². The number of aryl methyl sites for hydroxylation is 1. The summed E-state index contributed by atoms with van der Waals surface area (Å²) in [7, 11) is 0. The zero-order chi connectivity index (χ0) is 18.9. The van der Waals surface area contributed by atoms with Gasteiger partial charge in [-0.2, -0.15) is 0 Å². The van der Waals surface area contributed by atoms with Crippen molar-refractivity contribution in [1.29, 1.82) is 0 Å². The number of amidine groups is 1. The van der Waals surface area contributed by atoms with Crippen molar-refractivity contribution in [3.05, 3.63) is 33.9 Å². The summed E-state index contributed by atoms with van der Waals surface area (Å²) in [6.45, 7) is 9.77. The second-order valence-corrected chi connectivity index (χ2v) is 9.93. The number of halogens is 1. The second-order valence-electron chi connectivity index (χ2n) is 8.25. The zero-order valence-electron chi connectivity index (χ0n) is 16.6. The fourth-order valence-corrected chi connectivity index (χ4v) is 5.26. The van der Waals surface area contributed by atoms with Crippen LogP contribution in [0.5, 0.6) is 0 Å². The Morgan fingerprint density at radius 1 is 1.30 bits per heavy atom. The van der Waals surface area contributed by atoms with Crippen LogP contribution in [0.4, 0.5) is 11.4 Å². The van der Waals surface area contributed by atoms with Gasteiger partial charge in [-0.05, 0) is 58.1 Å². The summed E-state index contributed by atoms with van der Waals surface area (Å²) in [5, 5.41) is 12.0. The van der Waals surface area contributed by atoms with Gasteiger partial charge >= 0.3 is 0 Å². The lowest BCUT2D eigenvalue weighted by Gasteiger charge is -2.35. The molecule has 1 aliphatic heterocycles. The number of rotatable bonds is 4. The molecular formula is C20H30ClN3O2S. The Morgan fingerprint density at radius 2 is 1.96 bits per heavy atom. The second kappa shape index (κ2) is 8.82. The summed E-state index contributed by atoms with van der Waals surface area (Å²) in [5.41, 5.74) is 1.80. The summed E-state index contributed by atoms with van der Waals surface area (Å²) in [5.74, 6) is 0.737. The van der Waals surface area contributed by atoms with Crippen molar-refractivity contribution in [3.8, 4) is 0 Å². The molecule has 3 rings (SSSR count). The van der Waals surface area contributed by atoms with Crippen LogP contribution in [0.15, 0.2) is 23.2 Å². The van der Waals surface area contributed by atoms with Gasteiger partial charge in [0.1, 0.15) is 0 Å². The molecule has 7 heteroatoms. The molecule has 2 aliphatic rings. The molecule has 1 aliphatic carbocycles. The molecule has 27 heavy (non-hydrogen) atoms. The number of non-ortho nitro benzene ring substituents is 1. The van der Waals surface area contributed by atoms with Gasteiger partial charge in [0.25, 0.3) is 5.69 Å². The maximum Gasteiger partial charge on any atom is 0.269 e. The van der Waals surface area contributed by atoms with Gasteiger partial charge in [-0.15, -0.1) is 12.4 Å². The molecule has 1 atom stereocenters. The van der Waals surface area contributed by atoms with Crippen LogP contribution in [0.2, 0.25) is 0 Å².